The number of rotatable bonds is 4. The molecular formula is C15H17Cl2N3. The number of nitrogens with one attached hydrogen (secondary N) is 1. The number of hydrogen-bond donors (Lipinski definition) is 2. The molecule has 1 atom stereocenters. The van der Waals surface area contributed by atoms with Gasteiger partial charge in [0.1, 0.15) is 5.82 Å². The normalized spacial score (nSPS) is 12.4. The van der Waals surface area contributed by atoms with Crippen molar-refractivity contribution in [3.8, 4) is 0 Å². The molecule has 2 rings (SSSR count). The molecule has 5 heteroatoms. The molecule has 1 aromatic heterocycles. The number of anilines is 1. The van der Waals surface area contributed by atoms with E-state index in [0.717, 1.165) is 23.2 Å². The molecule has 1 heterocycles. The Kier molecular flexibility index (Phi) is 4.86. The standard InChI is InChI=1S/C15H17Cl2N3/c1-3-19-14(10-5-11(16)7-12(17)6-10)13-4-9(2)8-20-15(13)18/h4-8,14,19H,3H2,1-2H3,(H2,18,20). The third-order valence-corrected chi connectivity index (χ3v) is 3.46. The predicted octanol–water partition coefficient (Wildman–Crippen LogP) is 3.98. The first-order chi connectivity index (χ1) is 9.51. The second-order valence-corrected chi connectivity index (χ2v) is 5.55. The van der Waals surface area contributed by atoms with Crippen LogP contribution in [-0.4, -0.2) is 11.5 Å². The van der Waals surface area contributed by atoms with Gasteiger partial charge < -0.3 is 11.1 Å². The highest BCUT2D eigenvalue weighted by molar-refractivity contribution is 6.34. The Labute approximate surface area is 129 Å². The van der Waals surface area contributed by atoms with Gasteiger partial charge in [0.15, 0.2) is 0 Å². The Morgan fingerprint density at radius 3 is 2.45 bits per heavy atom. The maximum atomic E-state index is 6.09. The lowest BCUT2D eigenvalue weighted by atomic mass is 9.98. The summed E-state index contributed by atoms with van der Waals surface area (Å²) in [5.41, 5.74) is 8.99. The molecule has 0 spiro atoms. The van der Waals surface area contributed by atoms with Crippen LogP contribution in [0.1, 0.15) is 29.7 Å². The van der Waals surface area contributed by atoms with Gasteiger partial charge in [-0.2, -0.15) is 0 Å². The average Bonchev–Trinajstić information content (AvgIpc) is 2.38. The SMILES string of the molecule is CCNC(c1cc(Cl)cc(Cl)c1)c1cc(C)cnc1N. The number of pyridine rings is 1. The minimum atomic E-state index is -0.0800. The zero-order chi connectivity index (χ0) is 14.7. The fourth-order valence-corrected chi connectivity index (χ4v) is 2.73. The van der Waals surface area contributed by atoms with Gasteiger partial charge in [0.25, 0.3) is 0 Å². The van der Waals surface area contributed by atoms with Crippen LogP contribution in [0.15, 0.2) is 30.5 Å². The molecule has 20 heavy (non-hydrogen) atoms. The quantitative estimate of drug-likeness (QED) is 0.898. The van der Waals surface area contributed by atoms with Crippen molar-refractivity contribution in [1.82, 2.24) is 10.3 Å². The highest BCUT2D eigenvalue weighted by atomic mass is 35.5. The van der Waals surface area contributed by atoms with Gasteiger partial charge >= 0.3 is 0 Å². The maximum Gasteiger partial charge on any atom is 0.128 e. The number of halogens is 2. The van der Waals surface area contributed by atoms with Crippen molar-refractivity contribution in [2.45, 2.75) is 19.9 Å². The summed E-state index contributed by atoms with van der Waals surface area (Å²) >= 11 is 12.2. The van der Waals surface area contributed by atoms with Gasteiger partial charge in [0.05, 0.1) is 6.04 Å². The van der Waals surface area contributed by atoms with Crippen LogP contribution in [0.25, 0.3) is 0 Å². The maximum absolute atomic E-state index is 6.09. The molecule has 0 bridgehead atoms. The lowest BCUT2D eigenvalue weighted by Gasteiger charge is -2.21. The number of nitrogen functional groups attached to an aromatic ring is 1. The number of aryl methyl sites for hydroxylation is 1. The van der Waals surface area contributed by atoms with Crippen LogP contribution in [0.2, 0.25) is 10.0 Å². The first kappa shape index (κ1) is 15.1. The van der Waals surface area contributed by atoms with Crippen LogP contribution in [0.5, 0.6) is 0 Å². The van der Waals surface area contributed by atoms with E-state index in [4.69, 9.17) is 28.9 Å². The zero-order valence-electron chi connectivity index (χ0n) is 11.5. The van der Waals surface area contributed by atoms with Gasteiger partial charge in [-0.25, -0.2) is 4.98 Å². The van der Waals surface area contributed by atoms with Gasteiger partial charge in [0, 0.05) is 21.8 Å². The summed E-state index contributed by atoms with van der Waals surface area (Å²) in [5.74, 6) is 0.512. The van der Waals surface area contributed by atoms with E-state index in [1.165, 1.54) is 0 Å². The number of benzene rings is 1. The van der Waals surface area contributed by atoms with E-state index in [0.29, 0.717) is 15.9 Å². The Bertz CT molecular complexity index is 594. The topological polar surface area (TPSA) is 50.9 Å². The second kappa shape index (κ2) is 6.44. The Morgan fingerprint density at radius 1 is 1.20 bits per heavy atom. The van der Waals surface area contributed by atoms with Crippen molar-refractivity contribution in [2.75, 3.05) is 12.3 Å². The monoisotopic (exact) mass is 309 g/mol. The van der Waals surface area contributed by atoms with Crippen molar-refractivity contribution >= 4 is 29.0 Å². The second-order valence-electron chi connectivity index (χ2n) is 4.68. The van der Waals surface area contributed by atoms with Crippen LogP contribution < -0.4 is 11.1 Å². The lowest BCUT2D eigenvalue weighted by molar-refractivity contribution is 0.630. The van der Waals surface area contributed by atoms with E-state index in [-0.39, 0.29) is 6.04 Å². The number of hydrogen-bond acceptors (Lipinski definition) is 3. The summed E-state index contributed by atoms with van der Waals surface area (Å²) in [4.78, 5) is 4.22. The molecule has 0 aliphatic carbocycles. The number of nitrogens with zero attached hydrogens (tertiary/aromatic N) is 1. The van der Waals surface area contributed by atoms with Crippen molar-refractivity contribution in [1.29, 1.82) is 0 Å². The molecule has 0 amide bonds. The van der Waals surface area contributed by atoms with Crippen LogP contribution in [0.3, 0.4) is 0 Å². The van der Waals surface area contributed by atoms with Gasteiger partial charge in [-0.3, -0.25) is 0 Å². The summed E-state index contributed by atoms with van der Waals surface area (Å²) in [6.45, 7) is 4.82. The fraction of sp³-hybridized carbons (Fsp3) is 0.267. The first-order valence-electron chi connectivity index (χ1n) is 6.42. The molecule has 106 valence electrons. The van der Waals surface area contributed by atoms with E-state index in [1.54, 1.807) is 12.3 Å². The van der Waals surface area contributed by atoms with Crippen LogP contribution in [-0.2, 0) is 0 Å². The molecule has 1 unspecified atom stereocenters. The van der Waals surface area contributed by atoms with Crippen molar-refractivity contribution in [3.05, 3.63) is 57.2 Å². The summed E-state index contributed by atoms with van der Waals surface area (Å²) in [7, 11) is 0. The molecule has 3 N–H and O–H groups in total. The predicted molar refractivity (Wildman–Crippen MR) is 85.4 cm³/mol. The van der Waals surface area contributed by atoms with E-state index in [9.17, 15) is 0 Å². The van der Waals surface area contributed by atoms with Crippen molar-refractivity contribution in [2.24, 2.45) is 0 Å². The van der Waals surface area contributed by atoms with Gasteiger partial charge in [-0.1, -0.05) is 30.1 Å². The molecular weight excluding hydrogens is 293 g/mol. The summed E-state index contributed by atoms with van der Waals surface area (Å²) in [6.07, 6.45) is 1.76. The molecule has 0 fully saturated rings. The zero-order valence-corrected chi connectivity index (χ0v) is 13.0. The van der Waals surface area contributed by atoms with Crippen LogP contribution in [0, 0.1) is 6.92 Å². The van der Waals surface area contributed by atoms with Gasteiger partial charge in [0.2, 0.25) is 0 Å². The van der Waals surface area contributed by atoms with E-state index < -0.39 is 0 Å². The third kappa shape index (κ3) is 3.42. The summed E-state index contributed by atoms with van der Waals surface area (Å²) in [5, 5.41) is 4.61. The molecule has 0 saturated heterocycles. The van der Waals surface area contributed by atoms with E-state index in [1.807, 2.05) is 32.0 Å². The van der Waals surface area contributed by atoms with Crippen LogP contribution >= 0.6 is 23.2 Å². The molecule has 0 saturated carbocycles. The Morgan fingerprint density at radius 2 is 1.85 bits per heavy atom. The van der Waals surface area contributed by atoms with Crippen molar-refractivity contribution < 1.29 is 0 Å². The highest BCUT2D eigenvalue weighted by Gasteiger charge is 2.17. The van der Waals surface area contributed by atoms with E-state index in [2.05, 4.69) is 10.3 Å². The highest BCUT2D eigenvalue weighted by Crippen LogP contribution is 2.30. The lowest BCUT2D eigenvalue weighted by Crippen LogP contribution is -2.23. The molecule has 0 aliphatic rings. The van der Waals surface area contributed by atoms with Crippen molar-refractivity contribution in [3.63, 3.8) is 0 Å². The number of nitrogens with two attached hydrogens (primary N) is 1. The Hall–Kier alpha value is -1.29. The smallest absolute Gasteiger partial charge is 0.128 e. The largest absolute Gasteiger partial charge is 0.383 e. The Balaban J connectivity index is 2.52. The molecule has 0 radical (unpaired) electrons. The fourth-order valence-electron chi connectivity index (χ4n) is 2.19. The molecule has 3 nitrogen and oxygen atoms in total. The first-order valence-corrected chi connectivity index (χ1v) is 7.18. The molecule has 0 aliphatic heterocycles. The molecule has 2 aromatic rings. The average molecular weight is 310 g/mol. The van der Waals surface area contributed by atoms with Crippen LogP contribution in [0.4, 0.5) is 5.82 Å². The van der Waals surface area contributed by atoms with Gasteiger partial charge in [-0.15, -0.1) is 0 Å². The minimum Gasteiger partial charge on any atom is -0.383 e. The third-order valence-electron chi connectivity index (χ3n) is 3.02. The van der Waals surface area contributed by atoms with Gasteiger partial charge in [-0.05, 0) is 48.9 Å². The molecule has 1 aromatic carbocycles. The number of aromatic nitrogens is 1. The summed E-state index contributed by atoms with van der Waals surface area (Å²) in [6, 6.07) is 7.45. The minimum absolute atomic E-state index is 0.0800. The van der Waals surface area contributed by atoms with E-state index >= 15 is 0 Å². The summed E-state index contributed by atoms with van der Waals surface area (Å²) < 4.78 is 0.